The van der Waals surface area contributed by atoms with E-state index in [0.29, 0.717) is 0 Å². The van der Waals surface area contributed by atoms with Crippen molar-refractivity contribution in [2.45, 2.75) is 19.5 Å². The maximum Gasteiger partial charge on any atom is 0.0233 e. The van der Waals surface area contributed by atoms with E-state index in [1.54, 1.807) is 0 Å². The lowest BCUT2D eigenvalue weighted by Crippen LogP contribution is -2.24. The summed E-state index contributed by atoms with van der Waals surface area (Å²) in [6.07, 6.45) is 1.22. The van der Waals surface area contributed by atoms with Crippen molar-refractivity contribution in [2.24, 2.45) is 0 Å². The van der Waals surface area contributed by atoms with Gasteiger partial charge in [0.1, 0.15) is 0 Å². The van der Waals surface area contributed by atoms with Crippen molar-refractivity contribution in [2.75, 3.05) is 41.3 Å². The molecule has 0 atom stereocenters. The smallest absolute Gasteiger partial charge is 0.0233 e. The first-order chi connectivity index (χ1) is 8.63. The Morgan fingerprint density at radius 3 is 2.28 bits per heavy atom. The number of rotatable bonds is 8. The Labute approximate surface area is 112 Å². The first kappa shape index (κ1) is 15.2. The van der Waals surface area contributed by atoms with Crippen molar-refractivity contribution in [1.29, 1.82) is 0 Å². The van der Waals surface area contributed by atoms with Crippen molar-refractivity contribution in [1.82, 2.24) is 15.1 Å². The van der Waals surface area contributed by atoms with Crippen LogP contribution in [0.1, 0.15) is 17.5 Å². The number of hydrogen-bond acceptors (Lipinski definition) is 3. The van der Waals surface area contributed by atoms with Gasteiger partial charge in [0.15, 0.2) is 0 Å². The zero-order valence-corrected chi connectivity index (χ0v) is 12.2. The van der Waals surface area contributed by atoms with E-state index in [0.717, 1.165) is 26.2 Å². The predicted molar refractivity (Wildman–Crippen MR) is 78.7 cm³/mol. The molecule has 18 heavy (non-hydrogen) atoms. The zero-order valence-electron chi connectivity index (χ0n) is 12.2. The van der Waals surface area contributed by atoms with E-state index in [1.807, 2.05) is 7.05 Å². The number of nitrogens with zero attached hydrogens (tertiary/aromatic N) is 2. The Bertz CT molecular complexity index is 336. The van der Waals surface area contributed by atoms with E-state index < -0.39 is 0 Å². The van der Waals surface area contributed by atoms with E-state index in [2.05, 4.69) is 60.5 Å². The Hall–Kier alpha value is -0.900. The third-order valence-electron chi connectivity index (χ3n) is 3.07. The molecular formula is C15H27N3. The van der Waals surface area contributed by atoms with Crippen molar-refractivity contribution in [3.05, 3.63) is 35.4 Å². The minimum Gasteiger partial charge on any atom is -0.316 e. The minimum atomic E-state index is 0.946. The molecule has 0 spiro atoms. The van der Waals surface area contributed by atoms with Gasteiger partial charge in [0.2, 0.25) is 0 Å². The van der Waals surface area contributed by atoms with Gasteiger partial charge in [-0.05, 0) is 58.8 Å². The van der Waals surface area contributed by atoms with Crippen LogP contribution in [0.15, 0.2) is 24.3 Å². The maximum absolute atomic E-state index is 3.23. The summed E-state index contributed by atoms with van der Waals surface area (Å²) in [6.45, 7) is 4.28. The van der Waals surface area contributed by atoms with E-state index in [9.17, 15) is 0 Å². The third kappa shape index (κ3) is 5.63. The summed E-state index contributed by atoms with van der Waals surface area (Å²) in [4.78, 5) is 4.64. The van der Waals surface area contributed by atoms with Crippen molar-refractivity contribution in [3.63, 3.8) is 0 Å². The number of nitrogens with one attached hydrogen (secondary N) is 1. The highest BCUT2D eigenvalue weighted by Crippen LogP contribution is 2.11. The van der Waals surface area contributed by atoms with Crippen molar-refractivity contribution >= 4 is 0 Å². The first-order valence-electron chi connectivity index (χ1n) is 6.68. The minimum absolute atomic E-state index is 0.946. The van der Waals surface area contributed by atoms with Gasteiger partial charge in [-0.3, -0.25) is 0 Å². The summed E-state index contributed by atoms with van der Waals surface area (Å²) in [7, 11) is 8.45. The van der Waals surface area contributed by atoms with Crippen LogP contribution < -0.4 is 5.32 Å². The van der Waals surface area contributed by atoms with Gasteiger partial charge in [-0.25, -0.2) is 0 Å². The fraction of sp³-hybridized carbons (Fsp3) is 0.600. The Morgan fingerprint density at radius 1 is 1.00 bits per heavy atom. The molecule has 0 aliphatic heterocycles. The molecule has 0 heterocycles. The van der Waals surface area contributed by atoms with Gasteiger partial charge in [0, 0.05) is 13.1 Å². The van der Waals surface area contributed by atoms with E-state index in [1.165, 1.54) is 17.5 Å². The van der Waals surface area contributed by atoms with Gasteiger partial charge in [-0.1, -0.05) is 24.3 Å². The van der Waals surface area contributed by atoms with Crippen LogP contribution in [0.3, 0.4) is 0 Å². The summed E-state index contributed by atoms with van der Waals surface area (Å²) in [6, 6.07) is 8.68. The SMILES string of the molecule is CNCc1ccccc1CN(C)CCCN(C)C. The Morgan fingerprint density at radius 2 is 1.67 bits per heavy atom. The van der Waals surface area contributed by atoms with Gasteiger partial charge in [-0.2, -0.15) is 0 Å². The van der Waals surface area contributed by atoms with E-state index in [4.69, 9.17) is 0 Å². The molecular weight excluding hydrogens is 222 g/mol. The molecule has 1 rings (SSSR count). The second-order valence-electron chi connectivity index (χ2n) is 5.19. The molecule has 1 aromatic carbocycles. The molecule has 0 fully saturated rings. The highest BCUT2D eigenvalue weighted by atomic mass is 15.1. The van der Waals surface area contributed by atoms with Crippen LogP contribution in [0.5, 0.6) is 0 Å². The second kappa shape index (κ2) is 8.25. The highest BCUT2D eigenvalue weighted by Gasteiger charge is 2.04. The quantitative estimate of drug-likeness (QED) is 0.758. The molecule has 0 bridgehead atoms. The van der Waals surface area contributed by atoms with E-state index in [-0.39, 0.29) is 0 Å². The number of hydrogen-bond donors (Lipinski definition) is 1. The predicted octanol–water partition coefficient (Wildman–Crippen LogP) is 1.79. The summed E-state index contributed by atoms with van der Waals surface area (Å²) in [5, 5.41) is 3.23. The van der Waals surface area contributed by atoms with Crippen molar-refractivity contribution in [3.8, 4) is 0 Å². The molecule has 0 unspecified atom stereocenters. The zero-order chi connectivity index (χ0) is 13.4. The molecule has 102 valence electrons. The molecule has 0 amide bonds. The van der Waals surface area contributed by atoms with Crippen LogP contribution in [0.25, 0.3) is 0 Å². The van der Waals surface area contributed by atoms with Gasteiger partial charge < -0.3 is 15.1 Å². The molecule has 0 radical (unpaired) electrons. The summed E-state index contributed by atoms with van der Waals surface area (Å²) < 4.78 is 0. The Balaban J connectivity index is 2.45. The fourth-order valence-electron chi connectivity index (χ4n) is 2.10. The lowest BCUT2D eigenvalue weighted by atomic mass is 10.1. The average molecular weight is 249 g/mol. The molecule has 0 saturated heterocycles. The topological polar surface area (TPSA) is 18.5 Å². The molecule has 0 saturated carbocycles. The summed E-state index contributed by atoms with van der Waals surface area (Å²) in [5.74, 6) is 0. The average Bonchev–Trinajstić information content (AvgIpc) is 2.31. The Kier molecular flexibility index (Phi) is 6.94. The van der Waals surface area contributed by atoms with Gasteiger partial charge >= 0.3 is 0 Å². The standard InChI is InChI=1S/C15H27N3/c1-16-12-14-8-5-6-9-15(14)13-18(4)11-7-10-17(2)3/h5-6,8-9,16H,7,10-13H2,1-4H3. The second-order valence-corrected chi connectivity index (χ2v) is 5.19. The van der Waals surface area contributed by atoms with Crippen LogP contribution >= 0.6 is 0 Å². The number of benzene rings is 1. The molecule has 1 aromatic rings. The van der Waals surface area contributed by atoms with Crippen LogP contribution in [0.2, 0.25) is 0 Å². The van der Waals surface area contributed by atoms with Gasteiger partial charge in [0.25, 0.3) is 0 Å². The van der Waals surface area contributed by atoms with Crippen LogP contribution in [0, 0.1) is 0 Å². The molecule has 3 heteroatoms. The van der Waals surface area contributed by atoms with Gasteiger partial charge in [-0.15, -0.1) is 0 Å². The van der Waals surface area contributed by atoms with Crippen LogP contribution in [-0.4, -0.2) is 51.1 Å². The molecule has 0 aliphatic rings. The molecule has 0 aliphatic carbocycles. The largest absolute Gasteiger partial charge is 0.316 e. The first-order valence-corrected chi connectivity index (χ1v) is 6.68. The molecule has 1 N–H and O–H groups in total. The van der Waals surface area contributed by atoms with Gasteiger partial charge in [0.05, 0.1) is 0 Å². The van der Waals surface area contributed by atoms with Crippen LogP contribution in [0.4, 0.5) is 0 Å². The maximum atomic E-state index is 3.23. The summed E-state index contributed by atoms with van der Waals surface area (Å²) >= 11 is 0. The molecule has 0 aromatic heterocycles. The highest BCUT2D eigenvalue weighted by molar-refractivity contribution is 5.26. The third-order valence-corrected chi connectivity index (χ3v) is 3.07. The molecule has 3 nitrogen and oxygen atoms in total. The fourth-order valence-corrected chi connectivity index (χ4v) is 2.10. The normalized spacial score (nSPS) is 11.4. The monoisotopic (exact) mass is 249 g/mol. The van der Waals surface area contributed by atoms with Crippen molar-refractivity contribution < 1.29 is 0 Å². The summed E-state index contributed by atoms with van der Waals surface area (Å²) in [5.41, 5.74) is 2.83. The lowest BCUT2D eigenvalue weighted by Gasteiger charge is -2.20. The van der Waals surface area contributed by atoms with E-state index >= 15 is 0 Å². The lowest BCUT2D eigenvalue weighted by molar-refractivity contribution is 0.294. The van der Waals surface area contributed by atoms with Crippen LogP contribution in [-0.2, 0) is 13.1 Å².